The molecule has 1 N–H and O–H groups in total. The Morgan fingerprint density at radius 1 is 1.33 bits per heavy atom. The molecule has 0 spiro atoms. The zero-order valence-corrected chi connectivity index (χ0v) is 18.9. The molecule has 27 heavy (non-hydrogen) atoms. The summed E-state index contributed by atoms with van der Waals surface area (Å²) in [6, 6.07) is 1.84. The number of sulfone groups is 1. The summed E-state index contributed by atoms with van der Waals surface area (Å²) < 4.78 is 33.1. The van der Waals surface area contributed by atoms with Gasteiger partial charge in [0.1, 0.15) is 5.69 Å². The molecule has 0 amide bonds. The van der Waals surface area contributed by atoms with Gasteiger partial charge in [0, 0.05) is 36.8 Å². The lowest BCUT2D eigenvalue weighted by atomic mass is 10.2. The first-order valence-corrected chi connectivity index (χ1v) is 13.5. The summed E-state index contributed by atoms with van der Waals surface area (Å²) in [7, 11) is -0.414. The second-order valence-electron chi connectivity index (χ2n) is 5.70. The van der Waals surface area contributed by atoms with Gasteiger partial charge >= 0.3 is 0 Å². The van der Waals surface area contributed by atoms with Crippen LogP contribution >= 0.6 is 28.4 Å². The van der Waals surface area contributed by atoms with Gasteiger partial charge in [-0.1, -0.05) is 0 Å². The van der Waals surface area contributed by atoms with Crippen molar-refractivity contribution in [3.8, 4) is 17.0 Å². The normalized spacial score (nSPS) is 12.0. The number of aromatic nitrogens is 6. The van der Waals surface area contributed by atoms with Crippen molar-refractivity contribution in [1.29, 1.82) is 0 Å². The lowest BCUT2D eigenvalue weighted by Gasteiger charge is -2.13. The molecule has 3 aromatic heterocycles. The molecule has 0 aliphatic rings. The van der Waals surface area contributed by atoms with E-state index in [0.717, 1.165) is 11.9 Å². The highest BCUT2D eigenvalue weighted by Gasteiger charge is 2.23. The number of methoxy groups -OCH3 is 1. The van der Waals surface area contributed by atoms with Crippen molar-refractivity contribution in [3.05, 3.63) is 24.2 Å². The number of rotatable bonds is 6. The number of aryl methyl sites for hydroxylation is 2. The molecule has 0 bridgehead atoms. The topological polar surface area (TPSA) is 117 Å². The van der Waals surface area contributed by atoms with Crippen molar-refractivity contribution in [2.75, 3.05) is 18.7 Å². The third kappa shape index (κ3) is 4.22. The third-order valence-electron chi connectivity index (χ3n) is 3.57. The van der Waals surface area contributed by atoms with E-state index in [1.165, 1.54) is 7.11 Å². The van der Waals surface area contributed by atoms with Gasteiger partial charge in [0.15, 0.2) is 17.4 Å². The van der Waals surface area contributed by atoms with Crippen molar-refractivity contribution >= 4 is 49.9 Å². The number of anilines is 2. The second kappa shape index (κ2) is 7.68. The van der Waals surface area contributed by atoms with Gasteiger partial charge in [-0.15, -0.1) is 0 Å². The van der Waals surface area contributed by atoms with Gasteiger partial charge in [-0.2, -0.15) is 15.2 Å². The summed E-state index contributed by atoms with van der Waals surface area (Å²) in [5, 5.41) is 11.3. The predicted octanol–water partition coefficient (Wildman–Crippen LogP) is 2.33. The van der Waals surface area contributed by atoms with Crippen LogP contribution in [0.4, 0.5) is 11.6 Å². The lowest BCUT2D eigenvalue weighted by molar-refractivity contribution is 0.413. The Hall–Kier alpha value is -1.79. The Kier molecular flexibility index (Phi) is 5.68. The molecule has 3 rings (SSSR count). The summed E-state index contributed by atoms with van der Waals surface area (Å²) in [6.45, 7) is 1.93. The van der Waals surface area contributed by atoms with Gasteiger partial charge in [-0.05, 0) is 29.0 Å². The molecule has 0 saturated heterocycles. The molecule has 0 aromatic carbocycles. The number of hydrogen-bond donors (Lipinski definition) is 1. The van der Waals surface area contributed by atoms with Crippen LogP contribution in [0.15, 0.2) is 23.6 Å². The molecule has 1 unspecified atom stereocenters. The van der Waals surface area contributed by atoms with E-state index in [0.29, 0.717) is 29.2 Å². The minimum Gasteiger partial charge on any atom is -0.491 e. The summed E-state index contributed by atoms with van der Waals surface area (Å²) in [5.74, 6) is 1.05. The molecule has 13 heteroatoms. The van der Waals surface area contributed by atoms with Crippen LogP contribution in [0, 0.1) is 6.92 Å². The number of ether oxygens (including phenoxy) is 1. The molecule has 0 aliphatic heterocycles. The Labute approximate surface area is 171 Å². The van der Waals surface area contributed by atoms with Crippen molar-refractivity contribution < 1.29 is 13.2 Å². The number of nitrogens with one attached hydrogen (secondary N) is 1. The van der Waals surface area contributed by atoms with Gasteiger partial charge in [-0.25, -0.2) is 17.9 Å². The highest BCUT2D eigenvalue weighted by molar-refractivity contribution is 14.2. The van der Waals surface area contributed by atoms with E-state index >= 15 is 0 Å². The van der Waals surface area contributed by atoms with Crippen LogP contribution in [0.2, 0.25) is 0 Å². The Morgan fingerprint density at radius 2 is 2.07 bits per heavy atom. The van der Waals surface area contributed by atoms with Crippen molar-refractivity contribution in [2.24, 2.45) is 7.05 Å². The minimum atomic E-state index is -3.64. The molecule has 10 nitrogen and oxygen atoms in total. The SMILES string of the molecule is COc1c(Nc2cc(C)n(PI)n2)nc(S(C)(=O)=O)nc1-c1cnn(C)c1. The molecule has 0 aliphatic carbocycles. The lowest BCUT2D eigenvalue weighted by Crippen LogP contribution is -2.10. The van der Waals surface area contributed by atoms with Crippen molar-refractivity contribution in [2.45, 2.75) is 12.1 Å². The van der Waals surface area contributed by atoms with E-state index < -0.39 is 9.84 Å². The molecule has 144 valence electrons. The fourth-order valence-electron chi connectivity index (χ4n) is 2.36. The molecule has 0 saturated carbocycles. The number of nitrogens with zero attached hydrogens (tertiary/aromatic N) is 6. The summed E-state index contributed by atoms with van der Waals surface area (Å²) in [4.78, 5) is 8.35. The Morgan fingerprint density at radius 3 is 2.59 bits per heavy atom. The van der Waals surface area contributed by atoms with Crippen LogP contribution in [0.25, 0.3) is 11.3 Å². The first-order chi connectivity index (χ1) is 12.7. The van der Waals surface area contributed by atoms with Gasteiger partial charge in [-0.3, -0.25) is 4.68 Å². The van der Waals surface area contributed by atoms with E-state index in [1.807, 2.05) is 17.4 Å². The number of halogens is 1. The fourth-order valence-corrected chi connectivity index (χ4v) is 4.68. The predicted molar refractivity (Wildman–Crippen MR) is 112 cm³/mol. The zero-order chi connectivity index (χ0) is 19.8. The molecule has 0 radical (unpaired) electrons. The van der Waals surface area contributed by atoms with Crippen LogP contribution in [0.5, 0.6) is 5.75 Å². The quantitative estimate of drug-likeness (QED) is 0.299. The minimum absolute atomic E-state index is 0.216. The third-order valence-corrected chi connectivity index (χ3v) is 6.40. The van der Waals surface area contributed by atoms with Crippen LogP contribution in [-0.4, -0.2) is 51.1 Å². The highest BCUT2D eigenvalue weighted by atomic mass is 127. The monoisotopic (exact) mass is 521 g/mol. The highest BCUT2D eigenvalue weighted by Crippen LogP contribution is 2.36. The molecule has 0 fully saturated rings. The van der Waals surface area contributed by atoms with Gasteiger partial charge in [0.25, 0.3) is 0 Å². The maximum atomic E-state index is 12.1. The smallest absolute Gasteiger partial charge is 0.249 e. The van der Waals surface area contributed by atoms with Gasteiger partial charge in [0.2, 0.25) is 15.0 Å². The Balaban J connectivity index is 2.18. The maximum absolute atomic E-state index is 12.1. The van der Waals surface area contributed by atoms with Gasteiger partial charge in [0.05, 0.1) is 19.7 Å². The molecular weight excluding hydrogens is 504 g/mol. The van der Waals surface area contributed by atoms with Gasteiger partial charge < -0.3 is 10.1 Å². The first kappa shape index (κ1) is 20.0. The van der Waals surface area contributed by atoms with Crippen LogP contribution in [-0.2, 0) is 16.9 Å². The summed E-state index contributed by atoms with van der Waals surface area (Å²) >= 11 is 2.23. The average Bonchev–Trinajstić information content (AvgIpc) is 3.18. The first-order valence-electron chi connectivity index (χ1n) is 7.58. The van der Waals surface area contributed by atoms with Crippen molar-refractivity contribution in [1.82, 2.24) is 29.3 Å². The maximum Gasteiger partial charge on any atom is 0.249 e. The van der Waals surface area contributed by atoms with E-state index in [-0.39, 0.29) is 11.0 Å². The second-order valence-corrected chi connectivity index (χ2v) is 9.65. The van der Waals surface area contributed by atoms with E-state index in [1.54, 1.807) is 24.1 Å². The van der Waals surface area contributed by atoms with Crippen LogP contribution in [0.3, 0.4) is 0 Å². The van der Waals surface area contributed by atoms with E-state index in [2.05, 4.69) is 47.5 Å². The van der Waals surface area contributed by atoms with Crippen LogP contribution in [0.1, 0.15) is 5.69 Å². The van der Waals surface area contributed by atoms with Crippen molar-refractivity contribution in [3.63, 3.8) is 0 Å². The summed E-state index contributed by atoms with van der Waals surface area (Å²) in [5.41, 5.74) is 1.91. The zero-order valence-electron chi connectivity index (χ0n) is 14.9. The van der Waals surface area contributed by atoms with E-state index in [4.69, 9.17) is 4.74 Å². The number of hydrogen-bond acceptors (Lipinski definition) is 8. The molecule has 1 atom stereocenters. The standard InChI is InChI=1S/C14H17IN7O3PS/c1-8-5-10(20-22(8)26-15)17-13-12(25-3)11(9-6-16-21(2)7-9)18-14(19-13)27(4,23)24/h5-7,26H,1-4H3,(H,17,18,19,20). The molecular formula is C14H17IN7O3PS. The molecule has 3 heterocycles. The average molecular weight is 521 g/mol. The fraction of sp³-hybridized carbons (Fsp3) is 0.286. The molecule has 3 aromatic rings. The largest absolute Gasteiger partial charge is 0.491 e. The van der Waals surface area contributed by atoms with Crippen LogP contribution < -0.4 is 10.1 Å². The summed E-state index contributed by atoms with van der Waals surface area (Å²) in [6.07, 6.45) is 4.80. The Bertz CT molecular complexity index is 1100. The van der Waals surface area contributed by atoms with E-state index in [9.17, 15) is 8.42 Å².